The van der Waals surface area contributed by atoms with Gasteiger partial charge < -0.3 is 0 Å². The third-order valence-corrected chi connectivity index (χ3v) is 6.92. The number of hydrogen-bond acceptors (Lipinski definition) is 2. The molecule has 0 aromatic carbocycles. The lowest BCUT2D eigenvalue weighted by atomic mass is 9.56. The Labute approximate surface area is 109 Å². The van der Waals surface area contributed by atoms with Crippen molar-refractivity contribution in [1.29, 1.82) is 5.26 Å². The maximum Gasteiger partial charge on any atom is 0.0636 e. The minimum atomic E-state index is 0.161. The quantitative estimate of drug-likeness (QED) is 0.747. The fourth-order valence-corrected chi connectivity index (χ4v) is 6.38. The SMILES string of the molecule is CC(C)(CC#N)SC1C2CC3CC(C2)CC1C3. The van der Waals surface area contributed by atoms with Crippen molar-refractivity contribution in [3.63, 3.8) is 0 Å². The first kappa shape index (κ1) is 11.9. The van der Waals surface area contributed by atoms with Crippen LogP contribution in [-0.4, -0.2) is 10.00 Å². The number of nitriles is 1. The van der Waals surface area contributed by atoms with Crippen molar-refractivity contribution in [1.82, 2.24) is 0 Å². The van der Waals surface area contributed by atoms with Crippen LogP contribution in [0.1, 0.15) is 52.4 Å². The molecule has 4 rings (SSSR count). The summed E-state index contributed by atoms with van der Waals surface area (Å²) in [6.07, 6.45) is 8.20. The Morgan fingerprint density at radius 3 is 2.06 bits per heavy atom. The van der Waals surface area contributed by atoms with Gasteiger partial charge in [-0.3, -0.25) is 0 Å². The molecular formula is C15H23NS. The topological polar surface area (TPSA) is 23.8 Å². The van der Waals surface area contributed by atoms with Gasteiger partial charge >= 0.3 is 0 Å². The van der Waals surface area contributed by atoms with E-state index in [0.29, 0.717) is 6.42 Å². The lowest BCUT2D eigenvalue weighted by Crippen LogP contribution is -2.48. The lowest BCUT2D eigenvalue weighted by molar-refractivity contribution is 0.0263. The zero-order valence-corrected chi connectivity index (χ0v) is 11.8. The molecule has 94 valence electrons. The van der Waals surface area contributed by atoms with Gasteiger partial charge in [0.2, 0.25) is 0 Å². The summed E-state index contributed by atoms with van der Waals surface area (Å²) in [6.45, 7) is 4.51. The predicted octanol–water partition coefficient (Wildman–Crippen LogP) is 4.24. The summed E-state index contributed by atoms with van der Waals surface area (Å²) in [5, 5.41) is 9.79. The molecule has 0 radical (unpaired) electrons. The van der Waals surface area contributed by atoms with Gasteiger partial charge in [-0.15, -0.1) is 0 Å². The van der Waals surface area contributed by atoms with Gasteiger partial charge in [0.1, 0.15) is 0 Å². The molecule has 0 spiro atoms. The minimum absolute atomic E-state index is 0.161. The first-order valence-electron chi connectivity index (χ1n) is 7.12. The van der Waals surface area contributed by atoms with Crippen molar-refractivity contribution in [2.24, 2.45) is 23.7 Å². The van der Waals surface area contributed by atoms with Gasteiger partial charge in [-0.25, -0.2) is 0 Å². The highest BCUT2D eigenvalue weighted by molar-refractivity contribution is 8.01. The maximum absolute atomic E-state index is 8.92. The van der Waals surface area contributed by atoms with Crippen LogP contribution >= 0.6 is 11.8 Å². The van der Waals surface area contributed by atoms with E-state index in [1.807, 2.05) is 0 Å². The summed E-state index contributed by atoms with van der Waals surface area (Å²) in [5.74, 6) is 4.09. The minimum Gasteiger partial charge on any atom is -0.198 e. The normalized spacial score (nSPS) is 43.7. The van der Waals surface area contributed by atoms with E-state index in [4.69, 9.17) is 5.26 Å². The molecule has 4 fully saturated rings. The molecule has 0 heterocycles. The van der Waals surface area contributed by atoms with E-state index < -0.39 is 0 Å². The predicted molar refractivity (Wildman–Crippen MR) is 72.7 cm³/mol. The molecule has 0 saturated heterocycles. The highest BCUT2D eigenvalue weighted by Crippen LogP contribution is 2.58. The van der Waals surface area contributed by atoms with E-state index in [1.54, 1.807) is 0 Å². The second-order valence-electron chi connectivity index (χ2n) is 7.11. The Bertz CT molecular complexity index is 313. The zero-order chi connectivity index (χ0) is 12.0. The molecule has 4 aliphatic rings. The van der Waals surface area contributed by atoms with Crippen molar-refractivity contribution in [2.75, 3.05) is 0 Å². The Hall–Kier alpha value is -0.160. The van der Waals surface area contributed by atoms with Crippen molar-refractivity contribution in [3.05, 3.63) is 0 Å². The second-order valence-corrected chi connectivity index (χ2v) is 8.99. The van der Waals surface area contributed by atoms with Crippen LogP contribution in [0.4, 0.5) is 0 Å². The molecule has 0 amide bonds. The highest BCUT2D eigenvalue weighted by atomic mass is 32.2. The van der Waals surface area contributed by atoms with Crippen LogP contribution in [0.2, 0.25) is 0 Å². The van der Waals surface area contributed by atoms with E-state index in [0.717, 1.165) is 28.9 Å². The first-order valence-corrected chi connectivity index (χ1v) is 8.00. The second kappa shape index (κ2) is 4.19. The van der Waals surface area contributed by atoms with E-state index >= 15 is 0 Å². The molecule has 0 aliphatic heterocycles. The largest absolute Gasteiger partial charge is 0.198 e. The van der Waals surface area contributed by atoms with Gasteiger partial charge in [0, 0.05) is 16.4 Å². The summed E-state index contributed by atoms with van der Waals surface area (Å²) >= 11 is 2.14. The Morgan fingerprint density at radius 2 is 1.59 bits per heavy atom. The molecular weight excluding hydrogens is 226 g/mol. The molecule has 0 unspecified atom stereocenters. The molecule has 0 aromatic heterocycles. The van der Waals surface area contributed by atoms with Crippen molar-refractivity contribution in [2.45, 2.75) is 62.4 Å². The van der Waals surface area contributed by atoms with Crippen LogP contribution in [0, 0.1) is 35.0 Å². The number of hydrogen-bond donors (Lipinski definition) is 0. The number of rotatable bonds is 3. The van der Waals surface area contributed by atoms with Gasteiger partial charge in [-0.1, -0.05) is 0 Å². The third-order valence-electron chi connectivity index (χ3n) is 5.10. The molecule has 4 saturated carbocycles. The summed E-state index contributed by atoms with van der Waals surface area (Å²) in [6, 6.07) is 2.36. The maximum atomic E-state index is 8.92. The number of nitrogens with zero attached hydrogens (tertiary/aromatic N) is 1. The van der Waals surface area contributed by atoms with Crippen LogP contribution < -0.4 is 0 Å². The van der Waals surface area contributed by atoms with Gasteiger partial charge in [0.05, 0.1) is 6.07 Å². The van der Waals surface area contributed by atoms with Gasteiger partial charge in [-0.05, 0) is 69.6 Å². The molecule has 0 aromatic rings. The molecule has 1 nitrogen and oxygen atoms in total. The average molecular weight is 249 g/mol. The summed E-state index contributed by atoms with van der Waals surface area (Å²) in [4.78, 5) is 0. The van der Waals surface area contributed by atoms with Gasteiger partial charge in [0.15, 0.2) is 0 Å². The molecule has 2 heteroatoms. The summed E-state index contributed by atoms with van der Waals surface area (Å²) < 4.78 is 0.161. The van der Waals surface area contributed by atoms with Gasteiger partial charge in [-0.2, -0.15) is 17.0 Å². The smallest absolute Gasteiger partial charge is 0.0636 e. The Morgan fingerprint density at radius 1 is 1.06 bits per heavy atom. The Balaban J connectivity index is 1.70. The molecule has 4 bridgehead atoms. The number of thioether (sulfide) groups is 1. The van der Waals surface area contributed by atoms with Crippen molar-refractivity contribution >= 4 is 11.8 Å². The Kier molecular flexibility index (Phi) is 2.94. The average Bonchev–Trinajstić information content (AvgIpc) is 2.22. The summed E-state index contributed by atoms with van der Waals surface area (Å²) in [7, 11) is 0. The van der Waals surface area contributed by atoms with Gasteiger partial charge in [0.25, 0.3) is 0 Å². The lowest BCUT2D eigenvalue weighted by Gasteiger charge is -2.55. The first-order chi connectivity index (χ1) is 8.07. The van der Waals surface area contributed by atoms with Crippen molar-refractivity contribution in [3.8, 4) is 6.07 Å². The molecule has 4 aliphatic carbocycles. The van der Waals surface area contributed by atoms with Crippen LogP contribution in [0.15, 0.2) is 0 Å². The van der Waals surface area contributed by atoms with E-state index in [-0.39, 0.29) is 4.75 Å². The molecule has 0 atom stereocenters. The molecule has 0 N–H and O–H groups in total. The van der Waals surface area contributed by atoms with Crippen LogP contribution in [-0.2, 0) is 0 Å². The van der Waals surface area contributed by atoms with Crippen LogP contribution in [0.5, 0.6) is 0 Å². The standard InChI is InChI=1S/C15H23NS/c1-15(2,3-4-16)17-14-12-6-10-5-11(8-12)9-13(14)7-10/h10-14H,3,5-9H2,1-2H3. The van der Waals surface area contributed by atoms with E-state index in [9.17, 15) is 0 Å². The van der Waals surface area contributed by atoms with Crippen LogP contribution in [0.3, 0.4) is 0 Å². The summed E-state index contributed by atoms with van der Waals surface area (Å²) in [5.41, 5.74) is 0. The third kappa shape index (κ3) is 2.24. The van der Waals surface area contributed by atoms with Crippen molar-refractivity contribution < 1.29 is 0 Å². The zero-order valence-electron chi connectivity index (χ0n) is 11.0. The molecule has 17 heavy (non-hydrogen) atoms. The highest BCUT2D eigenvalue weighted by Gasteiger charge is 2.49. The fourth-order valence-electron chi connectivity index (χ4n) is 4.67. The fraction of sp³-hybridized carbons (Fsp3) is 0.933. The van der Waals surface area contributed by atoms with E-state index in [2.05, 4.69) is 31.7 Å². The van der Waals surface area contributed by atoms with E-state index in [1.165, 1.54) is 32.1 Å². The monoisotopic (exact) mass is 249 g/mol. The van der Waals surface area contributed by atoms with Crippen LogP contribution in [0.25, 0.3) is 0 Å².